The number of rotatable bonds is 7. The van der Waals surface area contributed by atoms with Gasteiger partial charge in [-0.25, -0.2) is 4.99 Å². The van der Waals surface area contributed by atoms with Crippen molar-refractivity contribution >= 4 is 53.1 Å². The number of aliphatic imine (C=N–C) groups is 1. The Morgan fingerprint density at radius 3 is 2.89 bits per heavy atom. The van der Waals surface area contributed by atoms with Gasteiger partial charge in [0.1, 0.15) is 12.4 Å². The fourth-order valence-electron chi connectivity index (χ4n) is 3.03. The zero-order valence-electron chi connectivity index (χ0n) is 15.3. The molecular formula is C18H25Cl2IN6. The summed E-state index contributed by atoms with van der Waals surface area (Å²) < 4.78 is 2.18. The van der Waals surface area contributed by atoms with Crippen LogP contribution in [0.1, 0.15) is 37.0 Å². The highest BCUT2D eigenvalue weighted by Gasteiger charge is 2.16. The minimum atomic E-state index is 0. The Morgan fingerprint density at radius 1 is 1.26 bits per heavy atom. The molecule has 0 spiro atoms. The molecule has 0 bridgehead atoms. The summed E-state index contributed by atoms with van der Waals surface area (Å²) >= 11 is 12.2. The van der Waals surface area contributed by atoms with Crippen molar-refractivity contribution in [2.75, 3.05) is 13.1 Å². The first kappa shape index (κ1) is 22.2. The standard InChI is InChI=1S/C18H24Cl2N6.HI/c1-2-21-18(23-12-17-25-24-16-6-4-10-26(16)17)22-9-3-5-13-7-8-14(19)11-15(13)20;/h7-8,11H,2-6,9-10,12H2,1H3,(H2,21,22,23);1H. The number of hydrogen-bond donors (Lipinski definition) is 2. The van der Waals surface area contributed by atoms with Gasteiger partial charge in [-0.3, -0.25) is 0 Å². The number of guanidine groups is 1. The third-order valence-corrected chi connectivity index (χ3v) is 4.93. The molecule has 0 aliphatic carbocycles. The van der Waals surface area contributed by atoms with Crippen molar-refractivity contribution in [3.8, 4) is 0 Å². The number of fused-ring (bicyclic) bond motifs is 1. The van der Waals surface area contributed by atoms with Crippen LogP contribution in [0.3, 0.4) is 0 Å². The third kappa shape index (κ3) is 6.22. The second kappa shape index (κ2) is 11.1. The Morgan fingerprint density at radius 2 is 2.11 bits per heavy atom. The molecule has 0 fully saturated rings. The van der Waals surface area contributed by atoms with Crippen LogP contribution >= 0.6 is 47.2 Å². The van der Waals surface area contributed by atoms with Crippen molar-refractivity contribution in [2.24, 2.45) is 4.99 Å². The van der Waals surface area contributed by atoms with Crippen molar-refractivity contribution < 1.29 is 0 Å². The molecule has 3 rings (SSSR count). The maximum absolute atomic E-state index is 6.22. The fourth-order valence-corrected chi connectivity index (χ4v) is 3.53. The van der Waals surface area contributed by atoms with Crippen molar-refractivity contribution in [3.63, 3.8) is 0 Å². The van der Waals surface area contributed by atoms with Crippen LogP contribution in [0, 0.1) is 0 Å². The molecule has 0 atom stereocenters. The van der Waals surface area contributed by atoms with E-state index in [0.717, 1.165) is 73.5 Å². The summed E-state index contributed by atoms with van der Waals surface area (Å²) in [6.45, 7) is 5.21. The van der Waals surface area contributed by atoms with E-state index in [4.69, 9.17) is 23.2 Å². The Bertz CT molecular complexity index is 777. The molecule has 2 N–H and O–H groups in total. The lowest BCUT2D eigenvalue weighted by atomic mass is 10.1. The minimum Gasteiger partial charge on any atom is -0.357 e. The molecule has 6 nitrogen and oxygen atoms in total. The smallest absolute Gasteiger partial charge is 0.191 e. The van der Waals surface area contributed by atoms with Crippen LogP contribution in [0.25, 0.3) is 0 Å². The molecule has 2 heterocycles. The van der Waals surface area contributed by atoms with Gasteiger partial charge in [0, 0.05) is 36.1 Å². The fraction of sp³-hybridized carbons (Fsp3) is 0.500. The molecular weight excluding hydrogens is 498 g/mol. The Kier molecular flexibility index (Phi) is 9.11. The molecule has 27 heavy (non-hydrogen) atoms. The summed E-state index contributed by atoms with van der Waals surface area (Å²) in [6, 6.07) is 5.64. The van der Waals surface area contributed by atoms with Crippen LogP contribution in [0.2, 0.25) is 10.0 Å². The van der Waals surface area contributed by atoms with Gasteiger partial charge in [-0.1, -0.05) is 29.3 Å². The van der Waals surface area contributed by atoms with Gasteiger partial charge < -0.3 is 15.2 Å². The second-order valence-electron chi connectivity index (χ2n) is 6.25. The summed E-state index contributed by atoms with van der Waals surface area (Å²) in [6.07, 6.45) is 4.00. The molecule has 0 saturated heterocycles. The largest absolute Gasteiger partial charge is 0.357 e. The average Bonchev–Trinajstić information content (AvgIpc) is 3.22. The molecule has 1 aromatic heterocycles. The second-order valence-corrected chi connectivity index (χ2v) is 7.09. The van der Waals surface area contributed by atoms with Crippen LogP contribution < -0.4 is 10.6 Å². The third-order valence-electron chi connectivity index (χ3n) is 4.34. The average molecular weight is 523 g/mol. The topological polar surface area (TPSA) is 67.1 Å². The van der Waals surface area contributed by atoms with Crippen LogP contribution in [0.4, 0.5) is 0 Å². The molecule has 148 valence electrons. The van der Waals surface area contributed by atoms with E-state index in [1.165, 1.54) is 0 Å². The molecule has 2 aromatic rings. The van der Waals surface area contributed by atoms with E-state index < -0.39 is 0 Å². The summed E-state index contributed by atoms with van der Waals surface area (Å²) in [5, 5.41) is 16.5. The molecule has 9 heteroatoms. The lowest BCUT2D eigenvalue weighted by Gasteiger charge is -2.11. The molecule has 0 saturated carbocycles. The summed E-state index contributed by atoms with van der Waals surface area (Å²) in [7, 11) is 0. The first-order valence-corrected chi connectivity index (χ1v) is 9.80. The van der Waals surface area contributed by atoms with Gasteiger partial charge in [0.2, 0.25) is 0 Å². The zero-order valence-corrected chi connectivity index (χ0v) is 19.2. The van der Waals surface area contributed by atoms with E-state index in [9.17, 15) is 0 Å². The number of aryl methyl sites for hydroxylation is 2. The van der Waals surface area contributed by atoms with Gasteiger partial charge in [0.05, 0.1) is 0 Å². The van der Waals surface area contributed by atoms with Crippen molar-refractivity contribution in [1.82, 2.24) is 25.4 Å². The molecule has 0 unspecified atom stereocenters. The van der Waals surface area contributed by atoms with Crippen LogP contribution in [-0.2, 0) is 25.9 Å². The van der Waals surface area contributed by atoms with E-state index in [1.807, 2.05) is 12.1 Å². The summed E-state index contributed by atoms with van der Waals surface area (Å²) in [4.78, 5) is 4.63. The minimum absolute atomic E-state index is 0. The normalized spacial score (nSPS) is 13.2. The van der Waals surface area contributed by atoms with E-state index in [1.54, 1.807) is 6.07 Å². The van der Waals surface area contributed by atoms with Gasteiger partial charge in [0.15, 0.2) is 11.8 Å². The Balaban J connectivity index is 0.00000261. The quantitative estimate of drug-likeness (QED) is 0.251. The SMILES string of the molecule is CCNC(=NCc1nnc2n1CCC2)NCCCc1ccc(Cl)cc1Cl.I. The molecule has 1 aliphatic rings. The van der Waals surface area contributed by atoms with Crippen LogP contribution in [0.15, 0.2) is 23.2 Å². The molecule has 0 amide bonds. The summed E-state index contributed by atoms with van der Waals surface area (Å²) in [5.41, 5.74) is 1.11. The monoisotopic (exact) mass is 522 g/mol. The Hall–Kier alpha value is -1.06. The number of nitrogens with zero attached hydrogens (tertiary/aromatic N) is 4. The first-order chi connectivity index (χ1) is 12.7. The predicted molar refractivity (Wildman–Crippen MR) is 121 cm³/mol. The number of aromatic nitrogens is 3. The number of hydrogen-bond acceptors (Lipinski definition) is 3. The molecule has 1 aromatic carbocycles. The zero-order chi connectivity index (χ0) is 18.4. The lowest BCUT2D eigenvalue weighted by Crippen LogP contribution is -2.38. The van der Waals surface area contributed by atoms with Gasteiger partial charge in [-0.2, -0.15) is 0 Å². The van der Waals surface area contributed by atoms with Crippen molar-refractivity contribution in [3.05, 3.63) is 45.5 Å². The predicted octanol–water partition coefficient (Wildman–Crippen LogP) is 3.84. The van der Waals surface area contributed by atoms with Gasteiger partial charge >= 0.3 is 0 Å². The summed E-state index contributed by atoms with van der Waals surface area (Å²) in [5.74, 6) is 2.81. The highest BCUT2D eigenvalue weighted by atomic mass is 127. The number of nitrogens with one attached hydrogen (secondary N) is 2. The van der Waals surface area contributed by atoms with Gasteiger partial charge in [0.25, 0.3) is 0 Å². The van der Waals surface area contributed by atoms with Gasteiger partial charge in [-0.05, 0) is 43.9 Å². The van der Waals surface area contributed by atoms with E-state index >= 15 is 0 Å². The van der Waals surface area contributed by atoms with E-state index in [-0.39, 0.29) is 24.0 Å². The first-order valence-electron chi connectivity index (χ1n) is 9.04. The van der Waals surface area contributed by atoms with Crippen molar-refractivity contribution in [2.45, 2.75) is 45.7 Å². The maximum Gasteiger partial charge on any atom is 0.191 e. The number of benzene rings is 1. The molecule has 1 aliphatic heterocycles. The van der Waals surface area contributed by atoms with E-state index in [0.29, 0.717) is 11.6 Å². The Labute approximate surface area is 187 Å². The lowest BCUT2D eigenvalue weighted by molar-refractivity contribution is 0.682. The van der Waals surface area contributed by atoms with Gasteiger partial charge in [-0.15, -0.1) is 34.2 Å². The van der Waals surface area contributed by atoms with E-state index in [2.05, 4.69) is 37.3 Å². The van der Waals surface area contributed by atoms with Crippen LogP contribution in [-0.4, -0.2) is 33.8 Å². The number of halogens is 3. The highest BCUT2D eigenvalue weighted by Crippen LogP contribution is 2.21. The molecule has 0 radical (unpaired) electrons. The van der Waals surface area contributed by atoms with Crippen LogP contribution in [0.5, 0.6) is 0 Å². The maximum atomic E-state index is 6.22. The van der Waals surface area contributed by atoms with Crippen molar-refractivity contribution in [1.29, 1.82) is 0 Å². The highest BCUT2D eigenvalue weighted by molar-refractivity contribution is 14.0.